The van der Waals surface area contributed by atoms with Crippen molar-refractivity contribution in [1.29, 1.82) is 0 Å². The van der Waals surface area contributed by atoms with Crippen LogP contribution >= 0.6 is 0 Å². The number of aryl methyl sites for hydroxylation is 1. The van der Waals surface area contributed by atoms with E-state index in [0.29, 0.717) is 6.04 Å². The normalized spacial score (nSPS) is 22.9. The maximum atomic E-state index is 5.91. The summed E-state index contributed by atoms with van der Waals surface area (Å²) in [7, 11) is 0. The van der Waals surface area contributed by atoms with E-state index in [9.17, 15) is 0 Å². The predicted octanol–water partition coefficient (Wildman–Crippen LogP) is 2.98. The summed E-state index contributed by atoms with van der Waals surface area (Å²) >= 11 is 0. The van der Waals surface area contributed by atoms with Gasteiger partial charge in [-0.25, -0.2) is 4.68 Å². The Labute approximate surface area is 119 Å². The Hall–Kier alpha value is -1.91. The molecule has 2 atom stereocenters. The third-order valence-electron chi connectivity index (χ3n) is 4.25. The van der Waals surface area contributed by atoms with Crippen LogP contribution in [0.1, 0.15) is 44.2 Å². The Morgan fingerprint density at radius 3 is 2.95 bits per heavy atom. The minimum absolute atomic E-state index is 0.407. The minimum atomic E-state index is 0.407. The summed E-state index contributed by atoms with van der Waals surface area (Å²) in [6.45, 7) is 4.37. The number of aromatic nitrogens is 4. The zero-order chi connectivity index (χ0) is 14.1. The molecule has 0 spiro atoms. The van der Waals surface area contributed by atoms with E-state index >= 15 is 0 Å². The van der Waals surface area contributed by atoms with Crippen LogP contribution in [0.2, 0.25) is 0 Å². The Morgan fingerprint density at radius 1 is 1.30 bits per heavy atom. The van der Waals surface area contributed by atoms with Crippen molar-refractivity contribution in [2.45, 2.75) is 45.6 Å². The summed E-state index contributed by atoms with van der Waals surface area (Å²) < 4.78 is 2.00. The van der Waals surface area contributed by atoms with Crippen molar-refractivity contribution in [2.24, 2.45) is 5.92 Å². The first kappa shape index (κ1) is 13.1. The van der Waals surface area contributed by atoms with Gasteiger partial charge in [0.2, 0.25) is 0 Å². The van der Waals surface area contributed by atoms with E-state index < -0.39 is 0 Å². The van der Waals surface area contributed by atoms with Gasteiger partial charge in [0.15, 0.2) is 5.82 Å². The molecule has 0 bridgehead atoms. The molecule has 1 aliphatic carbocycles. The number of nitrogens with zero attached hydrogens (tertiary/aromatic N) is 4. The topological polar surface area (TPSA) is 69.6 Å². The minimum Gasteiger partial charge on any atom is -0.399 e. The van der Waals surface area contributed by atoms with Crippen LogP contribution in [0.25, 0.3) is 11.4 Å². The Kier molecular flexibility index (Phi) is 3.42. The summed E-state index contributed by atoms with van der Waals surface area (Å²) in [5.74, 6) is 1.58. The molecule has 0 amide bonds. The standard InChI is InChI=1S/C15H21N5/c1-10-4-3-5-13(8-10)20-15(17-18-19-20)14-9-12(16)7-6-11(14)2/h6-7,9-10,13H,3-5,8,16H2,1-2H3. The van der Waals surface area contributed by atoms with Gasteiger partial charge in [0.1, 0.15) is 0 Å². The van der Waals surface area contributed by atoms with Gasteiger partial charge < -0.3 is 5.73 Å². The lowest BCUT2D eigenvalue weighted by Gasteiger charge is -2.27. The fourth-order valence-corrected chi connectivity index (χ4v) is 3.12. The third-order valence-corrected chi connectivity index (χ3v) is 4.25. The van der Waals surface area contributed by atoms with Crippen molar-refractivity contribution in [1.82, 2.24) is 20.2 Å². The second kappa shape index (κ2) is 5.23. The van der Waals surface area contributed by atoms with Gasteiger partial charge in [0, 0.05) is 11.3 Å². The zero-order valence-electron chi connectivity index (χ0n) is 12.1. The number of hydrogen-bond acceptors (Lipinski definition) is 4. The lowest BCUT2D eigenvalue weighted by Crippen LogP contribution is -2.19. The Bertz CT molecular complexity index is 604. The second-order valence-corrected chi connectivity index (χ2v) is 5.95. The van der Waals surface area contributed by atoms with Crippen molar-refractivity contribution in [3.8, 4) is 11.4 Å². The molecule has 1 aliphatic rings. The van der Waals surface area contributed by atoms with Gasteiger partial charge in [0.25, 0.3) is 0 Å². The first-order valence-corrected chi connectivity index (χ1v) is 7.29. The predicted molar refractivity (Wildman–Crippen MR) is 79.1 cm³/mol. The van der Waals surface area contributed by atoms with Gasteiger partial charge in [-0.3, -0.25) is 0 Å². The second-order valence-electron chi connectivity index (χ2n) is 5.95. The third kappa shape index (κ3) is 2.40. The number of tetrazole rings is 1. The fraction of sp³-hybridized carbons (Fsp3) is 0.533. The average molecular weight is 271 g/mol. The molecule has 1 saturated carbocycles. The van der Waals surface area contributed by atoms with E-state index in [4.69, 9.17) is 5.73 Å². The molecule has 3 rings (SSSR count). The highest BCUT2D eigenvalue weighted by Crippen LogP contribution is 2.34. The monoisotopic (exact) mass is 271 g/mol. The smallest absolute Gasteiger partial charge is 0.182 e. The Morgan fingerprint density at radius 2 is 2.15 bits per heavy atom. The van der Waals surface area contributed by atoms with Gasteiger partial charge >= 0.3 is 0 Å². The highest BCUT2D eigenvalue weighted by atomic mass is 15.5. The van der Waals surface area contributed by atoms with Crippen LogP contribution in [-0.2, 0) is 0 Å². The molecule has 106 valence electrons. The summed E-state index contributed by atoms with van der Waals surface area (Å²) in [5, 5.41) is 12.4. The number of nitrogens with two attached hydrogens (primary N) is 1. The van der Waals surface area contributed by atoms with E-state index in [1.165, 1.54) is 12.8 Å². The molecule has 2 N–H and O–H groups in total. The SMILES string of the molecule is Cc1ccc(N)cc1-c1nnnn1C1CCCC(C)C1. The molecular formula is C15H21N5. The van der Waals surface area contributed by atoms with Crippen LogP contribution in [0, 0.1) is 12.8 Å². The number of anilines is 1. The summed E-state index contributed by atoms with van der Waals surface area (Å²) in [5.41, 5.74) is 8.84. The number of hydrogen-bond donors (Lipinski definition) is 1. The van der Waals surface area contributed by atoms with Gasteiger partial charge in [-0.1, -0.05) is 25.8 Å². The van der Waals surface area contributed by atoms with Crippen molar-refractivity contribution in [2.75, 3.05) is 5.73 Å². The van der Waals surface area contributed by atoms with Crippen LogP contribution in [-0.4, -0.2) is 20.2 Å². The number of rotatable bonds is 2. The molecule has 1 fully saturated rings. The lowest BCUT2D eigenvalue weighted by molar-refractivity contribution is 0.265. The molecule has 1 aromatic carbocycles. The first-order chi connectivity index (χ1) is 9.65. The lowest BCUT2D eigenvalue weighted by atomic mass is 9.87. The number of nitrogen functional groups attached to an aromatic ring is 1. The van der Waals surface area contributed by atoms with Crippen LogP contribution in [0.4, 0.5) is 5.69 Å². The molecule has 0 radical (unpaired) electrons. The van der Waals surface area contributed by atoms with Gasteiger partial charge in [-0.05, 0) is 53.8 Å². The maximum Gasteiger partial charge on any atom is 0.182 e. The molecule has 0 aliphatic heterocycles. The quantitative estimate of drug-likeness (QED) is 0.852. The molecule has 1 heterocycles. The van der Waals surface area contributed by atoms with Gasteiger partial charge in [-0.2, -0.15) is 0 Å². The van der Waals surface area contributed by atoms with Crippen LogP contribution in [0.15, 0.2) is 18.2 Å². The van der Waals surface area contributed by atoms with E-state index in [1.807, 2.05) is 22.9 Å². The first-order valence-electron chi connectivity index (χ1n) is 7.29. The maximum absolute atomic E-state index is 5.91. The highest BCUT2D eigenvalue weighted by Gasteiger charge is 2.24. The van der Waals surface area contributed by atoms with Crippen LogP contribution < -0.4 is 5.73 Å². The van der Waals surface area contributed by atoms with E-state index in [2.05, 4.69) is 29.4 Å². The summed E-state index contributed by atoms with van der Waals surface area (Å²) in [6, 6.07) is 6.30. The van der Waals surface area contributed by atoms with Gasteiger partial charge in [-0.15, -0.1) is 5.10 Å². The van der Waals surface area contributed by atoms with Crippen molar-refractivity contribution >= 4 is 5.69 Å². The fourth-order valence-electron chi connectivity index (χ4n) is 3.12. The van der Waals surface area contributed by atoms with Crippen LogP contribution in [0.3, 0.4) is 0 Å². The van der Waals surface area contributed by atoms with E-state index in [0.717, 1.165) is 41.4 Å². The summed E-state index contributed by atoms with van der Waals surface area (Å²) in [4.78, 5) is 0. The molecule has 0 saturated heterocycles. The largest absolute Gasteiger partial charge is 0.399 e. The van der Waals surface area contributed by atoms with Crippen molar-refractivity contribution in [3.05, 3.63) is 23.8 Å². The Balaban J connectivity index is 1.99. The molecule has 5 nitrogen and oxygen atoms in total. The average Bonchev–Trinajstić information content (AvgIpc) is 2.90. The molecule has 2 unspecified atom stereocenters. The molecular weight excluding hydrogens is 250 g/mol. The number of benzene rings is 1. The van der Waals surface area contributed by atoms with Crippen molar-refractivity contribution < 1.29 is 0 Å². The molecule has 1 aromatic heterocycles. The van der Waals surface area contributed by atoms with E-state index in [-0.39, 0.29) is 0 Å². The van der Waals surface area contributed by atoms with Gasteiger partial charge in [0.05, 0.1) is 6.04 Å². The van der Waals surface area contributed by atoms with Crippen molar-refractivity contribution in [3.63, 3.8) is 0 Å². The molecule has 2 aromatic rings. The summed E-state index contributed by atoms with van der Waals surface area (Å²) in [6.07, 6.45) is 4.87. The van der Waals surface area contributed by atoms with Crippen LogP contribution in [0.5, 0.6) is 0 Å². The molecule has 20 heavy (non-hydrogen) atoms. The molecule has 5 heteroatoms. The zero-order valence-corrected chi connectivity index (χ0v) is 12.1. The highest BCUT2D eigenvalue weighted by molar-refractivity contribution is 5.65. The van der Waals surface area contributed by atoms with E-state index in [1.54, 1.807) is 0 Å².